The summed E-state index contributed by atoms with van der Waals surface area (Å²) in [4.78, 5) is 12.3. The van der Waals surface area contributed by atoms with Gasteiger partial charge in [0.1, 0.15) is 10.6 Å². The van der Waals surface area contributed by atoms with Crippen molar-refractivity contribution in [1.82, 2.24) is 9.62 Å². The molecule has 0 aliphatic carbocycles. The fourth-order valence-corrected chi connectivity index (χ4v) is 4.82. The van der Waals surface area contributed by atoms with E-state index in [4.69, 9.17) is 21.4 Å². The zero-order chi connectivity index (χ0) is 19.2. The van der Waals surface area contributed by atoms with Gasteiger partial charge in [-0.2, -0.15) is 4.31 Å². The molecule has 1 aromatic carbocycles. The second-order valence-electron chi connectivity index (χ2n) is 6.09. The Bertz CT molecular complexity index is 726. The Hall–Kier alpha value is -1.35. The van der Waals surface area contributed by atoms with Crippen LogP contribution in [0.4, 0.5) is 0 Å². The molecule has 1 aliphatic heterocycles. The fourth-order valence-electron chi connectivity index (χ4n) is 2.91. The molecule has 146 valence electrons. The van der Waals surface area contributed by atoms with E-state index in [2.05, 4.69) is 5.32 Å². The molecule has 1 heterocycles. The van der Waals surface area contributed by atoms with Gasteiger partial charge < -0.3 is 15.2 Å². The van der Waals surface area contributed by atoms with E-state index in [9.17, 15) is 13.2 Å². The summed E-state index contributed by atoms with van der Waals surface area (Å²) in [6.45, 7) is 2.95. The van der Waals surface area contributed by atoms with Gasteiger partial charge in [0.2, 0.25) is 15.9 Å². The summed E-state index contributed by atoms with van der Waals surface area (Å²) in [5, 5.41) is 11.8. The molecule has 0 bridgehead atoms. The van der Waals surface area contributed by atoms with E-state index in [0.29, 0.717) is 44.0 Å². The molecule has 2 rings (SSSR count). The Labute approximate surface area is 159 Å². The molecule has 1 aliphatic rings. The number of carbonyl (C=O) groups excluding carboxylic acids is 1. The monoisotopic (exact) mass is 404 g/mol. The minimum atomic E-state index is -3.83. The maximum absolute atomic E-state index is 13.1. The van der Waals surface area contributed by atoms with Gasteiger partial charge in [-0.3, -0.25) is 4.79 Å². The Morgan fingerprint density at radius 2 is 2.23 bits per heavy atom. The normalized spacial score (nSPS) is 18.5. The van der Waals surface area contributed by atoms with Gasteiger partial charge in [-0.1, -0.05) is 11.6 Å². The van der Waals surface area contributed by atoms with E-state index < -0.39 is 15.9 Å². The van der Waals surface area contributed by atoms with Crippen molar-refractivity contribution in [3.05, 3.63) is 23.2 Å². The standard InChI is InChI=1S/C17H25ClN2O5S/c1-2-25-15-7-6-14(18)11-16(15)26(23,24)20-9-3-5-13(12-20)17(22)19-8-4-10-21/h6-7,11,13,21H,2-5,8-10,12H2,1H3,(H,19,22)/t13-/m1/s1. The SMILES string of the molecule is CCOc1ccc(Cl)cc1S(=O)(=O)N1CCC[C@@H](C(=O)NCCCO)C1. The molecule has 1 amide bonds. The largest absolute Gasteiger partial charge is 0.492 e. The van der Waals surface area contributed by atoms with E-state index >= 15 is 0 Å². The number of rotatable bonds is 8. The van der Waals surface area contributed by atoms with Crippen LogP contribution < -0.4 is 10.1 Å². The minimum absolute atomic E-state index is 0.000420. The lowest BCUT2D eigenvalue weighted by Crippen LogP contribution is -2.45. The number of ether oxygens (including phenoxy) is 1. The highest BCUT2D eigenvalue weighted by Gasteiger charge is 2.34. The third-order valence-corrected chi connectivity index (χ3v) is 6.33. The first-order valence-electron chi connectivity index (χ1n) is 8.71. The molecule has 2 N–H and O–H groups in total. The summed E-state index contributed by atoms with van der Waals surface area (Å²) in [7, 11) is -3.83. The van der Waals surface area contributed by atoms with Crippen molar-refractivity contribution in [1.29, 1.82) is 0 Å². The summed E-state index contributed by atoms with van der Waals surface area (Å²) in [5.74, 6) is -0.340. The number of aliphatic hydroxyl groups is 1. The Morgan fingerprint density at radius 1 is 1.46 bits per heavy atom. The molecule has 0 aromatic heterocycles. The van der Waals surface area contributed by atoms with Crippen LogP contribution in [0.2, 0.25) is 5.02 Å². The molecule has 7 nitrogen and oxygen atoms in total. The number of piperidine rings is 1. The van der Waals surface area contributed by atoms with E-state index in [1.807, 2.05) is 0 Å². The lowest BCUT2D eigenvalue weighted by molar-refractivity contribution is -0.126. The quantitative estimate of drug-likeness (QED) is 0.642. The van der Waals surface area contributed by atoms with E-state index in [1.54, 1.807) is 19.1 Å². The minimum Gasteiger partial charge on any atom is -0.492 e. The first-order chi connectivity index (χ1) is 12.4. The molecule has 0 saturated carbocycles. The van der Waals surface area contributed by atoms with E-state index in [-0.39, 0.29) is 29.7 Å². The van der Waals surface area contributed by atoms with Crippen LogP contribution in [0.25, 0.3) is 0 Å². The van der Waals surface area contributed by atoms with Crippen LogP contribution in [0.15, 0.2) is 23.1 Å². The summed E-state index contributed by atoms with van der Waals surface area (Å²) in [6, 6.07) is 4.51. The second kappa shape index (κ2) is 9.55. The molecule has 1 saturated heterocycles. The summed E-state index contributed by atoms with van der Waals surface area (Å²) in [5.41, 5.74) is 0. The van der Waals surface area contributed by atoms with Gasteiger partial charge in [-0.05, 0) is 44.4 Å². The highest BCUT2D eigenvalue weighted by Crippen LogP contribution is 2.32. The highest BCUT2D eigenvalue weighted by atomic mass is 35.5. The van der Waals surface area contributed by atoms with Gasteiger partial charge in [0.25, 0.3) is 0 Å². The van der Waals surface area contributed by atoms with Gasteiger partial charge >= 0.3 is 0 Å². The van der Waals surface area contributed by atoms with Crippen molar-refractivity contribution in [3.63, 3.8) is 0 Å². The zero-order valence-electron chi connectivity index (χ0n) is 14.8. The molecule has 9 heteroatoms. The summed E-state index contributed by atoms with van der Waals surface area (Å²) >= 11 is 5.99. The zero-order valence-corrected chi connectivity index (χ0v) is 16.4. The average Bonchev–Trinajstić information content (AvgIpc) is 2.63. The van der Waals surface area contributed by atoms with Crippen LogP contribution in [0, 0.1) is 5.92 Å². The first-order valence-corrected chi connectivity index (χ1v) is 10.5. The second-order valence-corrected chi connectivity index (χ2v) is 8.44. The molecular formula is C17H25ClN2O5S. The summed E-state index contributed by atoms with van der Waals surface area (Å²) in [6.07, 6.45) is 1.70. The Kier molecular flexibility index (Phi) is 7.69. The average molecular weight is 405 g/mol. The topological polar surface area (TPSA) is 95.9 Å². The van der Waals surface area contributed by atoms with Gasteiger partial charge in [-0.25, -0.2) is 8.42 Å². The molecule has 26 heavy (non-hydrogen) atoms. The molecule has 0 radical (unpaired) electrons. The lowest BCUT2D eigenvalue weighted by atomic mass is 9.99. The van der Waals surface area contributed by atoms with Gasteiger partial charge in [0.05, 0.1) is 12.5 Å². The van der Waals surface area contributed by atoms with Crippen molar-refractivity contribution in [2.75, 3.05) is 32.8 Å². The summed E-state index contributed by atoms with van der Waals surface area (Å²) < 4.78 is 32.9. The predicted octanol–water partition coefficient (Wildman–Crippen LogP) is 1.64. The third kappa shape index (κ3) is 5.09. The van der Waals surface area contributed by atoms with Crippen LogP contribution >= 0.6 is 11.6 Å². The highest BCUT2D eigenvalue weighted by molar-refractivity contribution is 7.89. The molecule has 1 atom stereocenters. The van der Waals surface area contributed by atoms with E-state index in [0.717, 1.165) is 0 Å². The number of hydrogen-bond acceptors (Lipinski definition) is 5. The molecule has 0 unspecified atom stereocenters. The Balaban J connectivity index is 2.18. The Morgan fingerprint density at radius 3 is 2.92 bits per heavy atom. The molecule has 0 spiro atoms. The fraction of sp³-hybridized carbons (Fsp3) is 0.588. The third-order valence-electron chi connectivity index (χ3n) is 4.21. The van der Waals surface area contributed by atoms with Crippen molar-refractivity contribution in [2.45, 2.75) is 31.1 Å². The molecular weight excluding hydrogens is 380 g/mol. The number of benzene rings is 1. The molecule has 1 aromatic rings. The number of nitrogens with one attached hydrogen (secondary N) is 1. The number of amides is 1. The van der Waals surface area contributed by atoms with Crippen molar-refractivity contribution < 1.29 is 23.1 Å². The number of nitrogens with zero attached hydrogens (tertiary/aromatic N) is 1. The number of halogens is 1. The number of carbonyl (C=O) groups is 1. The number of sulfonamides is 1. The lowest BCUT2D eigenvalue weighted by Gasteiger charge is -2.31. The predicted molar refractivity (Wildman–Crippen MR) is 98.8 cm³/mol. The van der Waals surface area contributed by atoms with Crippen molar-refractivity contribution in [2.24, 2.45) is 5.92 Å². The van der Waals surface area contributed by atoms with Crippen molar-refractivity contribution in [3.8, 4) is 5.75 Å². The van der Waals surface area contributed by atoms with Crippen LogP contribution in [0.1, 0.15) is 26.2 Å². The maximum Gasteiger partial charge on any atom is 0.246 e. The van der Waals surface area contributed by atoms with E-state index in [1.165, 1.54) is 10.4 Å². The number of aliphatic hydroxyl groups excluding tert-OH is 1. The van der Waals surface area contributed by atoms with Crippen LogP contribution in [-0.2, 0) is 14.8 Å². The molecule has 1 fully saturated rings. The van der Waals surface area contributed by atoms with Crippen LogP contribution in [-0.4, -0.2) is 56.6 Å². The van der Waals surface area contributed by atoms with Crippen LogP contribution in [0.5, 0.6) is 5.75 Å². The van der Waals surface area contributed by atoms with Gasteiger partial charge in [0.15, 0.2) is 0 Å². The smallest absolute Gasteiger partial charge is 0.246 e. The van der Waals surface area contributed by atoms with Gasteiger partial charge in [-0.15, -0.1) is 0 Å². The first kappa shape index (κ1) is 21.0. The van der Waals surface area contributed by atoms with Crippen molar-refractivity contribution >= 4 is 27.5 Å². The van der Waals surface area contributed by atoms with Crippen LogP contribution in [0.3, 0.4) is 0 Å². The van der Waals surface area contributed by atoms with Gasteiger partial charge in [0, 0.05) is 31.3 Å². The number of hydrogen-bond donors (Lipinski definition) is 2. The maximum atomic E-state index is 13.1.